The van der Waals surface area contributed by atoms with Gasteiger partial charge in [0.25, 0.3) is 0 Å². The van der Waals surface area contributed by atoms with Crippen LogP contribution in [-0.4, -0.2) is 21.4 Å². The molecule has 1 saturated heterocycles. The highest BCUT2D eigenvalue weighted by Gasteiger charge is 2.19. The van der Waals surface area contributed by atoms with Gasteiger partial charge in [-0.3, -0.25) is 9.98 Å². The molecule has 2 heterocycles. The maximum atomic E-state index is 4.57. The maximum absolute atomic E-state index is 4.57. The summed E-state index contributed by atoms with van der Waals surface area (Å²) in [7, 11) is 0. The second-order valence-electron chi connectivity index (χ2n) is 3.80. The molecule has 1 aromatic heterocycles. The highest BCUT2D eigenvalue weighted by Crippen LogP contribution is 2.22. The van der Waals surface area contributed by atoms with Gasteiger partial charge in [0.2, 0.25) is 0 Å². The Hall–Kier alpha value is -0.550. The Morgan fingerprint density at radius 1 is 1.60 bits per heavy atom. The average molecular weight is 241 g/mol. The number of amidine groups is 1. The van der Waals surface area contributed by atoms with Crippen LogP contribution in [0.3, 0.4) is 0 Å². The van der Waals surface area contributed by atoms with Crippen LogP contribution in [0.15, 0.2) is 16.7 Å². The Balaban J connectivity index is 1.94. The van der Waals surface area contributed by atoms with Gasteiger partial charge >= 0.3 is 0 Å². The molecule has 3 nitrogen and oxygen atoms in total. The summed E-state index contributed by atoms with van der Waals surface area (Å²) in [5.74, 6) is 0. The van der Waals surface area contributed by atoms with E-state index >= 15 is 0 Å². The third kappa shape index (κ3) is 3.21. The van der Waals surface area contributed by atoms with E-state index in [1.165, 1.54) is 11.3 Å². The molecule has 0 saturated carbocycles. The van der Waals surface area contributed by atoms with Gasteiger partial charge in [0.1, 0.15) is 0 Å². The second-order valence-corrected chi connectivity index (χ2v) is 6.20. The predicted octanol–water partition coefficient (Wildman–Crippen LogP) is 2.50. The molecule has 0 bridgehead atoms. The van der Waals surface area contributed by atoms with E-state index in [4.69, 9.17) is 0 Å². The van der Waals surface area contributed by atoms with Crippen LogP contribution < -0.4 is 5.32 Å². The van der Waals surface area contributed by atoms with Crippen LogP contribution in [0.25, 0.3) is 0 Å². The van der Waals surface area contributed by atoms with Crippen LogP contribution in [0.4, 0.5) is 0 Å². The Bertz CT molecular complexity index is 322. The number of aliphatic imine (C=N–C) groups is 1. The Kier molecular flexibility index (Phi) is 3.64. The fourth-order valence-corrected chi connectivity index (χ4v) is 3.29. The minimum absolute atomic E-state index is 0.543. The maximum Gasteiger partial charge on any atom is 0.157 e. The molecular weight excluding hydrogens is 226 g/mol. The molecule has 0 aromatic carbocycles. The minimum Gasteiger partial charge on any atom is -0.362 e. The van der Waals surface area contributed by atoms with Crippen LogP contribution in [0.2, 0.25) is 0 Å². The molecule has 2 atom stereocenters. The minimum atomic E-state index is 0.543. The number of hydrogen-bond donors (Lipinski definition) is 1. The highest BCUT2D eigenvalue weighted by atomic mass is 32.2. The third-order valence-corrected chi connectivity index (χ3v) is 4.06. The largest absolute Gasteiger partial charge is 0.362 e. The molecule has 2 rings (SSSR count). The number of thiazole rings is 1. The first kappa shape index (κ1) is 11.0. The van der Waals surface area contributed by atoms with E-state index in [0.29, 0.717) is 11.3 Å². The number of aromatic nitrogens is 1. The van der Waals surface area contributed by atoms with Crippen molar-refractivity contribution in [2.75, 3.05) is 0 Å². The summed E-state index contributed by atoms with van der Waals surface area (Å²) in [6.07, 6.45) is 3.10. The van der Waals surface area contributed by atoms with Crippen molar-refractivity contribution in [3.05, 3.63) is 16.6 Å². The van der Waals surface area contributed by atoms with Crippen LogP contribution in [0.5, 0.6) is 0 Å². The van der Waals surface area contributed by atoms with E-state index in [9.17, 15) is 0 Å². The summed E-state index contributed by atoms with van der Waals surface area (Å²) in [6, 6.07) is 0.543. The van der Waals surface area contributed by atoms with Crippen molar-refractivity contribution in [2.24, 2.45) is 4.99 Å². The number of nitrogens with zero attached hydrogens (tertiary/aromatic N) is 2. The van der Waals surface area contributed by atoms with Crippen LogP contribution in [-0.2, 0) is 6.54 Å². The van der Waals surface area contributed by atoms with Crippen molar-refractivity contribution in [2.45, 2.75) is 38.1 Å². The van der Waals surface area contributed by atoms with Gasteiger partial charge in [0, 0.05) is 22.4 Å². The monoisotopic (exact) mass is 241 g/mol. The van der Waals surface area contributed by atoms with Crippen molar-refractivity contribution < 1.29 is 0 Å². The average Bonchev–Trinajstić information content (AvgIpc) is 2.65. The lowest BCUT2D eigenvalue weighted by Crippen LogP contribution is -2.38. The summed E-state index contributed by atoms with van der Waals surface area (Å²) in [6.45, 7) is 5.21. The fourth-order valence-electron chi connectivity index (χ4n) is 1.59. The van der Waals surface area contributed by atoms with E-state index in [1.807, 2.05) is 23.5 Å². The first-order valence-electron chi connectivity index (χ1n) is 5.09. The zero-order valence-corrected chi connectivity index (χ0v) is 10.6. The van der Waals surface area contributed by atoms with Crippen molar-refractivity contribution in [1.29, 1.82) is 0 Å². The van der Waals surface area contributed by atoms with Gasteiger partial charge in [-0.1, -0.05) is 18.7 Å². The van der Waals surface area contributed by atoms with E-state index in [0.717, 1.165) is 11.7 Å². The smallest absolute Gasteiger partial charge is 0.157 e. The summed E-state index contributed by atoms with van der Waals surface area (Å²) in [5, 5.41) is 5.15. The topological polar surface area (TPSA) is 37.3 Å². The van der Waals surface area contributed by atoms with Gasteiger partial charge in [-0.15, -0.1) is 11.3 Å². The van der Waals surface area contributed by atoms with Crippen molar-refractivity contribution in [3.8, 4) is 0 Å². The zero-order chi connectivity index (χ0) is 10.7. The Morgan fingerprint density at radius 3 is 3.13 bits per heavy atom. The van der Waals surface area contributed by atoms with E-state index in [1.54, 1.807) is 11.3 Å². The van der Waals surface area contributed by atoms with Crippen LogP contribution in [0.1, 0.15) is 25.1 Å². The lowest BCUT2D eigenvalue weighted by molar-refractivity contribution is 0.597. The predicted molar refractivity (Wildman–Crippen MR) is 67.5 cm³/mol. The van der Waals surface area contributed by atoms with Gasteiger partial charge in [-0.05, 0) is 13.3 Å². The van der Waals surface area contributed by atoms with E-state index in [-0.39, 0.29) is 0 Å². The molecule has 1 N–H and O–H groups in total. The number of rotatable bonds is 2. The van der Waals surface area contributed by atoms with Gasteiger partial charge in [-0.2, -0.15) is 0 Å². The molecule has 0 spiro atoms. The van der Waals surface area contributed by atoms with E-state index in [2.05, 4.69) is 29.1 Å². The molecule has 1 aliphatic rings. The van der Waals surface area contributed by atoms with Gasteiger partial charge in [0.15, 0.2) is 5.17 Å². The Morgan fingerprint density at radius 2 is 2.47 bits per heavy atom. The molecule has 1 fully saturated rings. The summed E-state index contributed by atoms with van der Waals surface area (Å²) >= 11 is 3.49. The van der Waals surface area contributed by atoms with Gasteiger partial charge in [0.05, 0.1) is 12.1 Å². The molecule has 5 heteroatoms. The van der Waals surface area contributed by atoms with Crippen molar-refractivity contribution in [1.82, 2.24) is 10.3 Å². The molecule has 2 unspecified atom stereocenters. The normalized spacial score (nSPS) is 29.1. The molecular formula is C10H15N3S2. The van der Waals surface area contributed by atoms with Crippen molar-refractivity contribution in [3.63, 3.8) is 0 Å². The molecule has 0 radical (unpaired) electrons. The van der Waals surface area contributed by atoms with Crippen molar-refractivity contribution >= 4 is 28.3 Å². The molecule has 15 heavy (non-hydrogen) atoms. The molecule has 0 aliphatic carbocycles. The highest BCUT2D eigenvalue weighted by molar-refractivity contribution is 8.14. The molecule has 0 amide bonds. The second kappa shape index (κ2) is 4.99. The number of thioether (sulfide) groups is 1. The standard InChI is InChI=1S/C10H15N3S2/c1-7-3-8(2)15-10(13-7)12-5-9-4-11-6-14-9/h4,6-8H,3,5H2,1-2H3,(H,12,13). The third-order valence-electron chi connectivity index (χ3n) is 2.23. The number of nitrogens with one attached hydrogen (secondary N) is 1. The lowest BCUT2D eigenvalue weighted by atomic mass is 10.2. The Labute approximate surface area is 98.4 Å². The van der Waals surface area contributed by atoms with E-state index < -0.39 is 0 Å². The first-order chi connectivity index (χ1) is 7.24. The summed E-state index contributed by atoms with van der Waals surface area (Å²) in [5.41, 5.74) is 1.85. The van der Waals surface area contributed by atoms with Gasteiger partial charge < -0.3 is 5.32 Å². The first-order valence-corrected chi connectivity index (χ1v) is 6.85. The molecule has 1 aromatic rings. The summed E-state index contributed by atoms with van der Waals surface area (Å²) < 4.78 is 0. The molecule has 1 aliphatic heterocycles. The fraction of sp³-hybridized carbons (Fsp3) is 0.600. The lowest BCUT2D eigenvalue weighted by Gasteiger charge is -2.26. The number of hydrogen-bond acceptors (Lipinski definition) is 4. The quantitative estimate of drug-likeness (QED) is 0.864. The van der Waals surface area contributed by atoms with Crippen LogP contribution >= 0.6 is 23.1 Å². The van der Waals surface area contributed by atoms with Crippen LogP contribution in [0, 0.1) is 0 Å². The van der Waals surface area contributed by atoms with Gasteiger partial charge in [-0.25, -0.2) is 0 Å². The molecule has 82 valence electrons. The zero-order valence-electron chi connectivity index (χ0n) is 8.93. The summed E-state index contributed by atoms with van der Waals surface area (Å²) in [4.78, 5) is 9.82. The SMILES string of the molecule is CC1CC(C)SC(=NCc2cncs2)N1.